The van der Waals surface area contributed by atoms with Crippen LogP contribution in [-0.4, -0.2) is 34.9 Å². The van der Waals surface area contributed by atoms with E-state index in [2.05, 4.69) is 57.0 Å². The molecule has 0 N–H and O–H groups in total. The number of pyridine rings is 1. The molecule has 1 aromatic carbocycles. The van der Waals surface area contributed by atoms with Crippen LogP contribution in [0.1, 0.15) is 58.3 Å². The molecule has 8 heteroatoms. The highest BCUT2D eigenvalue weighted by Crippen LogP contribution is 2.34. The fourth-order valence-corrected chi connectivity index (χ4v) is 4.66. The zero-order chi connectivity index (χ0) is 28.6. The molecule has 2 heterocycles. The van der Waals surface area contributed by atoms with Gasteiger partial charge in [-0.05, 0) is 61.9 Å². The molecule has 1 atom stereocenters. The van der Waals surface area contributed by atoms with Gasteiger partial charge in [-0.2, -0.15) is 13.2 Å². The Bertz CT molecular complexity index is 1260. The monoisotopic (exact) mass is 544 g/mol. The van der Waals surface area contributed by atoms with Crippen LogP contribution in [0.2, 0.25) is 0 Å². The minimum Gasteiger partial charge on any atom is -0.493 e. The SMILES string of the molecule is C=CC(=O)OCC(COc1ccc2cc(-c3ccc(CC)nc3CC)n(CCCC(C)C)c2c1)CC(F)(F)F. The Kier molecular flexibility index (Phi) is 10.6. The van der Waals surface area contributed by atoms with Gasteiger partial charge in [-0.3, -0.25) is 4.98 Å². The van der Waals surface area contributed by atoms with Crippen LogP contribution in [-0.2, 0) is 28.9 Å². The van der Waals surface area contributed by atoms with Crippen molar-refractivity contribution in [3.63, 3.8) is 0 Å². The number of aromatic nitrogens is 2. The molecule has 0 aliphatic carbocycles. The van der Waals surface area contributed by atoms with E-state index < -0.39 is 31.1 Å². The topological polar surface area (TPSA) is 53.4 Å². The lowest BCUT2D eigenvalue weighted by Gasteiger charge is -2.19. The standard InChI is InChI=1S/C31H39F3N2O3/c1-6-24-12-14-26(27(7-2)35-24)29-16-23-11-13-25(17-28(23)36(29)15-9-10-21(4)5)38-19-22(18-31(32,33)34)20-39-30(37)8-3/h8,11-14,16-17,21-22H,3,6-7,9-10,15,18-20H2,1-2,4-5H3. The van der Waals surface area contributed by atoms with Gasteiger partial charge in [0.1, 0.15) is 5.75 Å². The number of carbonyl (C=O) groups excluding carboxylic acids is 1. The first kappa shape index (κ1) is 30.3. The highest BCUT2D eigenvalue weighted by atomic mass is 19.4. The number of alkyl halides is 3. The summed E-state index contributed by atoms with van der Waals surface area (Å²) < 4.78 is 52.4. The van der Waals surface area contributed by atoms with Crippen molar-refractivity contribution in [1.29, 1.82) is 0 Å². The van der Waals surface area contributed by atoms with E-state index in [-0.39, 0.29) is 6.61 Å². The largest absolute Gasteiger partial charge is 0.493 e. The smallest absolute Gasteiger partial charge is 0.389 e. The molecule has 0 aliphatic rings. The zero-order valence-electron chi connectivity index (χ0n) is 23.3. The van der Waals surface area contributed by atoms with E-state index >= 15 is 0 Å². The number of rotatable bonds is 14. The Morgan fingerprint density at radius 3 is 2.51 bits per heavy atom. The van der Waals surface area contributed by atoms with Crippen LogP contribution >= 0.6 is 0 Å². The Morgan fingerprint density at radius 1 is 1.10 bits per heavy atom. The Morgan fingerprint density at radius 2 is 1.87 bits per heavy atom. The van der Waals surface area contributed by atoms with E-state index in [1.165, 1.54) is 0 Å². The normalized spacial score (nSPS) is 12.6. The molecule has 0 fully saturated rings. The maximum absolute atomic E-state index is 13.1. The van der Waals surface area contributed by atoms with Crippen LogP contribution in [0.15, 0.2) is 49.1 Å². The van der Waals surface area contributed by atoms with Crippen LogP contribution < -0.4 is 4.74 Å². The second-order valence-corrected chi connectivity index (χ2v) is 10.3. The third kappa shape index (κ3) is 8.60. The molecule has 0 spiro atoms. The van der Waals surface area contributed by atoms with Gasteiger partial charge in [0.2, 0.25) is 0 Å². The molecule has 0 radical (unpaired) electrons. The number of hydrogen-bond acceptors (Lipinski definition) is 4. The molecule has 39 heavy (non-hydrogen) atoms. The second kappa shape index (κ2) is 13.7. The maximum Gasteiger partial charge on any atom is 0.389 e. The van der Waals surface area contributed by atoms with Gasteiger partial charge in [0.25, 0.3) is 0 Å². The molecular weight excluding hydrogens is 505 g/mol. The zero-order valence-corrected chi connectivity index (χ0v) is 23.3. The first-order valence-corrected chi connectivity index (χ1v) is 13.7. The van der Waals surface area contributed by atoms with Crippen molar-refractivity contribution in [1.82, 2.24) is 9.55 Å². The number of ether oxygens (including phenoxy) is 2. The van der Waals surface area contributed by atoms with Crippen molar-refractivity contribution >= 4 is 16.9 Å². The van der Waals surface area contributed by atoms with Crippen LogP contribution in [0.3, 0.4) is 0 Å². The molecule has 0 bridgehead atoms. The summed E-state index contributed by atoms with van der Waals surface area (Å²) in [5.74, 6) is -0.752. The highest BCUT2D eigenvalue weighted by molar-refractivity contribution is 5.88. The fourth-order valence-electron chi connectivity index (χ4n) is 4.66. The summed E-state index contributed by atoms with van der Waals surface area (Å²) in [6.07, 6.45) is -0.850. The summed E-state index contributed by atoms with van der Waals surface area (Å²) in [4.78, 5) is 16.3. The van der Waals surface area contributed by atoms with Crippen LogP contribution in [0.4, 0.5) is 13.2 Å². The number of esters is 1. The van der Waals surface area contributed by atoms with Crippen LogP contribution in [0.5, 0.6) is 5.75 Å². The average molecular weight is 545 g/mol. The van der Waals surface area contributed by atoms with E-state index in [4.69, 9.17) is 14.5 Å². The van der Waals surface area contributed by atoms with Crippen LogP contribution in [0.25, 0.3) is 22.2 Å². The lowest BCUT2D eigenvalue weighted by Crippen LogP contribution is -2.25. The quantitative estimate of drug-likeness (QED) is 0.153. The Balaban J connectivity index is 1.94. The van der Waals surface area contributed by atoms with Crippen molar-refractivity contribution < 1.29 is 27.4 Å². The minimum absolute atomic E-state index is 0.237. The number of aryl methyl sites for hydroxylation is 3. The van der Waals surface area contributed by atoms with Gasteiger partial charge in [-0.25, -0.2) is 4.79 Å². The highest BCUT2D eigenvalue weighted by Gasteiger charge is 2.33. The summed E-state index contributed by atoms with van der Waals surface area (Å²) in [6.45, 7) is 12.0. The Labute approximate surface area is 229 Å². The molecule has 2 aromatic heterocycles. The van der Waals surface area contributed by atoms with E-state index in [0.29, 0.717) is 11.7 Å². The van der Waals surface area contributed by atoms with E-state index in [1.807, 2.05) is 12.1 Å². The minimum atomic E-state index is -4.41. The van der Waals surface area contributed by atoms with Crippen LogP contribution in [0, 0.1) is 11.8 Å². The van der Waals surface area contributed by atoms with E-state index in [1.54, 1.807) is 6.07 Å². The summed E-state index contributed by atoms with van der Waals surface area (Å²) in [5, 5.41) is 1.02. The average Bonchev–Trinajstić information content (AvgIpc) is 3.26. The van der Waals surface area contributed by atoms with Crippen molar-refractivity contribution in [3.05, 3.63) is 60.4 Å². The maximum atomic E-state index is 13.1. The van der Waals surface area contributed by atoms with Gasteiger partial charge in [0.15, 0.2) is 0 Å². The molecular formula is C31H39F3N2O3. The predicted molar refractivity (Wildman–Crippen MR) is 149 cm³/mol. The molecule has 3 aromatic rings. The summed E-state index contributed by atoms with van der Waals surface area (Å²) >= 11 is 0. The summed E-state index contributed by atoms with van der Waals surface area (Å²) in [6, 6.07) is 11.9. The van der Waals surface area contributed by atoms with Gasteiger partial charge >= 0.3 is 12.1 Å². The lowest BCUT2D eigenvalue weighted by molar-refractivity contribution is -0.157. The van der Waals surface area contributed by atoms with Gasteiger partial charge in [-0.15, -0.1) is 0 Å². The number of carbonyl (C=O) groups is 1. The third-order valence-corrected chi connectivity index (χ3v) is 6.68. The second-order valence-electron chi connectivity index (χ2n) is 10.3. The van der Waals surface area contributed by atoms with Gasteiger partial charge in [0, 0.05) is 46.9 Å². The molecule has 5 nitrogen and oxygen atoms in total. The molecule has 0 saturated carbocycles. The number of benzene rings is 1. The molecule has 0 amide bonds. The number of fused-ring (bicyclic) bond motifs is 1. The number of nitrogens with zero attached hydrogens (tertiary/aromatic N) is 2. The van der Waals surface area contributed by atoms with E-state index in [9.17, 15) is 18.0 Å². The predicted octanol–water partition coefficient (Wildman–Crippen LogP) is 7.94. The van der Waals surface area contributed by atoms with Crippen molar-refractivity contribution in [3.8, 4) is 17.0 Å². The first-order chi connectivity index (χ1) is 18.5. The summed E-state index contributed by atoms with van der Waals surface area (Å²) in [7, 11) is 0. The lowest BCUT2D eigenvalue weighted by atomic mass is 10.1. The summed E-state index contributed by atoms with van der Waals surface area (Å²) in [5.41, 5.74) is 5.22. The molecule has 0 saturated heterocycles. The Hall–Kier alpha value is -3.29. The fraction of sp³-hybridized carbons (Fsp3) is 0.484. The third-order valence-electron chi connectivity index (χ3n) is 6.68. The number of halogens is 3. The van der Waals surface area contributed by atoms with Gasteiger partial charge in [-0.1, -0.05) is 34.3 Å². The molecule has 0 aliphatic heterocycles. The molecule has 212 valence electrons. The number of hydrogen-bond donors (Lipinski definition) is 0. The van der Waals surface area contributed by atoms with Crippen molar-refractivity contribution in [2.24, 2.45) is 11.8 Å². The van der Waals surface area contributed by atoms with E-state index in [0.717, 1.165) is 71.9 Å². The van der Waals surface area contributed by atoms with Crippen molar-refractivity contribution in [2.75, 3.05) is 13.2 Å². The molecule has 3 rings (SSSR count). The molecule has 1 unspecified atom stereocenters. The van der Waals surface area contributed by atoms with Gasteiger partial charge in [0.05, 0.1) is 30.8 Å². The van der Waals surface area contributed by atoms with Gasteiger partial charge < -0.3 is 14.0 Å². The van der Waals surface area contributed by atoms with Crippen molar-refractivity contribution in [2.45, 2.75) is 72.5 Å². The first-order valence-electron chi connectivity index (χ1n) is 13.7.